The molecule has 2 rings (SSSR count). The van der Waals surface area contributed by atoms with Crippen molar-refractivity contribution in [2.24, 2.45) is 5.92 Å². The molecule has 2 N–H and O–H groups in total. The molecule has 1 aliphatic rings. The molecule has 0 radical (unpaired) electrons. The molecule has 0 aromatic heterocycles. The molecule has 5 heteroatoms. The highest BCUT2D eigenvalue weighted by Crippen LogP contribution is 2.19. The topological polar surface area (TPSA) is 61.8 Å². The fourth-order valence-electron chi connectivity index (χ4n) is 2.62. The molecule has 0 unspecified atom stereocenters. The lowest BCUT2D eigenvalue weighted by Gasteiger charge is -2.18. The summed E-state index contributed by atoms with van der Waals surface area (Å²) in [4.78, 5) is 13.9. The van der Waals surface area contributed by atoms with Crippen LogP contribution in [-0.4, -0.2) is 41.8 Å². The molecule has 0 bridgehead atoms. The first-order valence-electron chi connectivity index (χ1n) is 8.02. The van der Waals surface area contributed by atoms with Gasteiger partial charge in [-0.05, 0) is 37.5 Å². The summed E-state index contributed by atoms with van der Waals surface area (Å²) in [5.41, 5.74) is 1.02. The van der Waals surface area contributed by atoms with Crippen molar-refractivity contribution >= 4 is 6.03 Å². The van der Waals surface area contributed by atoms with Crippen LogP contribution in [0, 0.1) is 5.92 Å². The normalized spacial score (nSPS) is 19.0. The lowest BCUT2D eigenvalue weighted by Crippen LogP contribution is -2.38. The molecule has 5 nitrogen and oxygen atoms in total. The number of hydrogen-bond acceptors (Lipinski definition) is 3. The van der Waals surface area contributed by atoms with Crippen LogP contribution in [0.5, 0.6) is 5.75 Å². The van der Waals surface area contributed by atoms with E-state index in [1.54, 1.807) is 11.8 Å². The van der Waals surface area contributed by atoms with Gasteiger partial charge in [0.15, 0.2) is 0 Å². The summed E-state index contributed by atoms with van der Waals surface area (Å²) in [5.74, 6) is 1.03. The second-order valence-corrected chi connectivity index (χ2v) is 5.89. The van der Waals surface area contributed by atoms with Crippen LogP contribution in [0.1, 0.15) is 32.3 Å². The Bertz CT molecular complexity index is 491. The number of benzene rings is 1. The number of carbonyl (C=O) groups excluding carboxylic acids is 1. The number of likely N-dealkylation sites (tertiary alicyclic amines) is 1. The molecule has 0 spiro atoms. The first-order valence-corrected chi connectivity index (χ1v) is 8.02. The summed E-state index contributed by atoms with van der Waals surface area (Å²) in [6.45, 7) is 6.38. The van der Waals surface area contributed by atoms with Gasteiger partial charge in [0.2, 0.25) is 0 Å². The lowest BCUT2D eigenvalue weighted by molar-refractivity contribution is 0.129. The van der Waals surface area contributed by atoms with Gasteiger partial charge in [0.1, 0.15) is 5.75 Å². The maximum atomic E-state index is 12.1. The Kier molecular flexibility index (Phi) is 6.07. The Hall–Kier alpha value is -1.75. The molecular formula is C17H26N2O3. The van der Waals surface area contributed by atoms with Crippen molar-refractivity contribution in [3.63, 3.8) is 0 Å². The molecule has 1 fully saturated rings. The van der Waals surface area contributed by atoms with E-state index in [-0.39, 0.29) is 18.1 Å². The number of aliphatic hydroxyl groups is 1. The fourth-order valence-corrected chi connectivity index (χ4v) is 2.62. The van der Waals surface area contributed by atoms with Gasteiger partial charge in [0.25, 0.3) is 0 Å². The van der Waals surface area contributed by atoms with E-state index in [1.165, 1.54) is 0 Å². The van der Waals surface area contributed by atoms with E-state index in [9.17, 15) is 9.90 Å². The molecule has 2 atom stereocenters. The maximum Gasteiger partial charge on any atom is 0.317 e. The molecule has 0 aliphatic carbocycles. The van der Waals surface area contributed by atoms with E-state index in [0.717, 1.165) is 24.2 Å². The second kappa shape index (κ2) is 8.03. The Labute approximate surface area is 132 Å². The number of urea groups is 1. The number of rotatable bonds is 6. The van der Waals surface area contributed by atoms with Crippen molar-refractivity contribution in [2.75, 3.05) is 19.7 Å². The van der Waals surface area contributed by atoms with E-state index < -0.39 is 0 Å². The van der Waals surface area contributed by atoms with Gasteiger partial charge in [-0.2, -0.15) is 0 Å². The summed E-state index contributed by atoms with van der Waals surface area (Å²) in [7, 11) is 0. The third kappa shape index (κ3) is 4.63. The minimum atomic E-state index is -0.356. The largest absolute Gasteiger partial charge is 0.494 e. The van der Waals surface area contributed by atoms with Gasteiger partial charge >= 0.3 is 6.03 Å². The zero-order valence-electron chi connectivity index (χ0n) is 13.4. The minimum absolute atomic E-state index is 0.0666. The standard InChI is InChI=1S/C17H26N2O3/c1-3-9-22-16-6-4-5-14(10-16)11-18-17(21)19-8-7-15(12-19)13(2)20/h4-6,10,13,15,20H,3,7-9,11-12H2,1-2H3,(H,18,21)/t13-,15-/m1/s1. The Morgan fingerprint density at radius 2 is 2.36 bits per heavy atom. The molecule has 1 heterocycles. The van der Waals surface area contributed by atoms with Gasteiger partial charge in [0, 0.05) is 25.6 Å². The van der Waals surface area contributed by atoms with Gasteiger partial charge < -0.3 is 20.1 Å². The number of ether oxygens (including phenoxy) is 1. The molecule has 0 saturated carbocycles. The second-order valence-electron chi connectivity index (χ2n) is 5.89. The molecule has 1 saturated heterocycles. The zero-order chi connectivity index (χ0) is 15.9. The molecule has 22 heavy (non-hydrogen) atoms. The Morgan fingerprint density at radius 1 is 1.55 bits per heavy atom. The summed E-state index contributed by atoms with van der Waals surface area (Å²) >= 11 is 0. The molecular weight excluding hydrogens is 280 g/mol. The average molecular weight is 306 g/mol. The highest BCUT2D eigenvalue weighted by Gasteiger charge is 2.28. The van der Waals surface area contributed by atoms with Gasteiger partial charge in [-0.25, -0.2) is 4.79 Å². The van der Waals surface area contributed by atoms with Crippen LogP contribution in [0.15, 0.2) is 24.3 Å². The van der Waals surface area contributed by atoms with Crippen molar-refractivity contribution in [2.45, 2.75) is 39.3 Å². The van der Waals surface area contributed by atoms with Crippen molar-refractivity contribution < 1.29 is 14.6 Å². The van der Waals surface area contributed by atoms with Crippen molar-refractivity contribution in [3.05, 3.63) is 29.8 Å². The molecule has 2 amide bonds. The summed E-state index contributed by atoms with van der Waals surface area (Å²) in [5, 5.41) is 12.5. The van der Waals surface area contributed by atoms with Crippen LogP contribution >= 0.6 is 0 Å². The van der Waals surface area contributed by atoms with Crippen LogP contribution in [-0.2, 0) is 6.54 Å². The highest BCUT2D eigenvalue weighted by molar-refractivity contribution is 5.74. The van der Waals surface area contributed by atoms with Gasteiger partial charge in [-0.15, -0.1) is 0 Å². The minimum Gasteiger partial charge on any atom is -0.494 e. The monoisotopic (exact) mass is 306 g/mol. The van der Waals surface area contributed by atoms with Crippen molar-refractivity contribution in [1.29, 1.82) is 0 Å². The summed E-state index contributed by atoms with van der Waals surface area (Å²) in [6.07, 6.45) is 1.48. The zero-order valence-corrected chi connectivity index (χ0v) is 13.4. The third-order valence-corrected chi connectivity index (χ3v) is 4.01. The van der Waals surface area contributed by atoms with E-state index >= 15 is 0 Å². The Morgan fingerprint density at radius 3 is 3.05 bits per heavy atom. The van der Waals surface area contributed by atoms with Crippen molar-refractivity contribution in [1.82, 2.24) is 10.2 Å². The number of amides is 2. The van der Waals surface area contributed by atoms with Gasteiger partial charge in [0.05, 0.1) is 12.7 Å². The van der Waals surface area contributed by atoms with Crippen LogP contribution in [0.2, 0.25) is 0 Å². The van der Waals surface area contributed by atoms with E-state index in [2.05, 4.69) is 12.2 Å². The SMILES string of the molecule is CCCOc1cccc(CNC(=O)N2CC[C@@H]([C@@H](C)O)C2)c1. The predicted octanol–water partition coefficient (Wildman–Crippen LogP) is 2.39. The maximum absolute atomic E-state index is 12.1. The Balaban J connectivity index is 1.81. The van der Waals surface area contributed by atoms with E-state index in [0.29, 0.717) is 26.2 Å². The van der Waals surface area contributed by atoms with Crippen LogP contribution in [0.4, 0.5) is 4.79 Å². The fraction of sp³-hybridized carbons (Fsp3) is 0.588. The number of carbonyl (C=O) groups is 1. The molecule has 122 valence electrons. The summed E-state index contributed by atoms with van der Waals surface area (Å²) < 4.78 is 5.59. The first-order chi connectivity index (χ1) is 10.6. The molecule has 1 aliphatic heterocycles. The van der Waals surface area contributed by atoms with Gasteiger partial charge in [-0.1, -0.05) is 19.1 Å². The van der Waals surface area contributed by atoms with E-state index in [1.807, 2.05) is 24.3 Å². The smallest absolute Gasteiger partial charge is 0.317 e. The number of nitrogens with one attached hydrogen (secondary N) is 1. The number of nitrogens with zero attached hydrogens (tertiary/aromatic N) is 1. The average Bonchev–Trinajstić information content (AvgIpc) is 3.01. The third-order valence-electron chi connectivity index (χ3n) is 4.01. The van der Waals surface area contributed by atoms with E-state index in [4.69, 9.17) is 4.74 Å². The summed E-state index contributed by atoms with van der Waals surface area (Å²) in [6, 6.07) is 7.73. The lowest BCUT2D eigenvalue weighted by atomic mass is 10.0. The number of aliphatic hydroxyl groups excluding tert-OH is 1. The van der Waals surface area contributed by atoms with Crippen LogP contribution < -0.4 is 10.1 Å². The van der Waals surface area contributed by atoms with Crippen molar-refractivity contribution in [3.8, 4) is 5.75 Å². The van der Waals surface area contributed by atoms with Gasteiger partial charge in [-0.3, -0.25) is 0 Å². The first kappa shape index (κ1) is 16.6. The van der Waals surface area contributed by atoms with Crippen LogP contribution in [0.25, 0.3) is 0 Å². The predicted molar refractivity (Wildman–Crippen MR) is 85.8 cm³/mol. The number of hydrogen-bond donors (Lipinski definition) is 2. The quantitative estimate of drug-likeness (QED) is 0.848. The molecule has 1 aromatic rings. The van der Waals surface area contributed by atoms with Crippen LogP contribution in [0.3, 0.4) is 0 Å². The highest BCUT2D eigenvalue weighted by atomic mass is 16.5. The molecule has 1 aromatic carbocycles.